The van der Waals surface area contributed by atoms with Crippen LogP contribution < -0.4 is 10.6 Å². The van der Waals surface area contributed by atoms with Crippen LogP contribution in [0.5, 0.6) is 0 Å². The molecule has 2 aromatic rings. The minimum atomic E-state index is -0.228. The van der Waals surface area contributed by atoms with Crippen LogP contribution in [0.15, 0.2) is 42.5 Å². The van der Waals surface area contributed by atoms with E-state index in [-0.39, 0.29) is 11.8 Å². The van der Waals surface area contributed by atoms with E-state index in [1.807, 2.05) is 26.0 Å². The normalized spacial score (nSPS) is 10.7. The zero-order valence-electron chi connectivity index (χ0n) is 14.5. The molecule has 0 aliphatic rings. The number of aryl methyl sites for hydroxylation is 2. The molecular formula is C20H21ClN2O2. The van der Waals surface area contributed by atoms with Gasteiger partial charge in [0.2, 0.25) is 5.91 Å². The second-order valence-corrected chi connectivity index (χ2v) is 6.04. The lowest BCUT2D eigenvalue weighted by Crippen LogP contribution is -2.17. The smallest absolute Gasteiger partial charge is 0.251 e. The molecule has 0 aromatic heterocycles. The summed E-state index contributed by atoms with van der Waals surface area (Å²) in [6.45, 7) is 3.94. The molecule has 0 radical (unpaired) electrons. The Hall–Kier alpha value is -2.59. The predicted octanol–water partition coefficient (Wildman–Crippen LogP) is 4.05. The Labute approximate surface area is 152 Å². The Bertz CT molecular complexity index is 811. The molecule has 0 saturated carbocycles. The first-order valence-corrected chi connectivity index (χ1v) is 8.45. The number of anilines is 1. The van der Waals surface area contributed by atoms with Crippen molar-refractivity contribution in [3.8, 4) is 0 Å². The maximum atomic E-state index is 12.2. The SMILES string of the molecule is CNC(=O)c1ccc(/C=C/C(=O)Nc2c(C)cc(C)cc2CCl)cc1. The Balaban J connectivity index is 2.10. The number of hydrogen-bond acceptors (Lipinski definition) is 2. The van der Waals surface area contributed by atoms with E-state index in [0.717, 1.165) is 27.9 Å². The van der Waals surface area contributed by atoms with Crippen molar-refractivity contribution < 1.29 is 9.59 Å². The van der Waals surface area contributed by atoms with E-state index in [0.29, 0.717) is 11.4 Å². The molecule has 0 fully saturated rings. The summed E-state index contributed by atoms with van der Waals surface area (Å²) in [6.07, 6.45) is 3.17. The van der Waals surface area contributed by atoms with Gasteiger partial charge in [-0.05, 0) is 48.7 Å². The van der Waals surface area contributed by atoms with Gasteiger partial charge >= 0.3 is 0 Å². The van der Waals surface area contributed by atoms with E-state index in [2.05, 4.69) is 10.6 Å². The second-order valence-electron chi connectivity index (χ2n) is 5.77. The van der Waals surface area contributed by atoms with Gasteiger partial charge in [0.05, 0.1) is 0 Å². The van der Waals surface area contributed by atoms with Gasteiger partial charge in [0, 0.05) is 30.3 Å². The fourth-order valence-electron chi connectivity index (χ4n) is 2.57. The van der Waals surface area contributed by atoms with Gasteiger partial charge in [0.25, 0.3) is 5.91 Å². The molecule has 0 atom stereocenters. The number of nitrogens with one attached hydrogen (secondary N) is 2. The molecule has 0 aliphatic heterocycles. The molecule has 0 spiro atoms. The monoisotopic (exact) mass is 356 g/mol. The van der Waals surface area contributed by atoms with Crippen LogP contribution in [0.3, 0.4) is 0 Å². The molecule has 0 aliphatic carbocycles. The zero-order valence-corrected chi connectivity index (χ0v) is 15.3. The van der Waals surface area contributed by atoms with Crippen molar-refractivity contribution in [3.63, 3.8) is 0 Å². The van der Waals surface area contributed by atoms with E-state index in [4.69, 9.17) is 11.6 Å². The third-order valence-corrected chi connectivity index (χ3v) is 4.07. The van der Waals surface area contributed by atoms with Crippen LogP contribution >= 0.6 is 11.6 Å². The highest BCUT2D eigenvalue weighted by molar-refractivity contribution is 6.17. The molecular weight excluding hydrogens is 336 g/mol. The number of amides is 2. The fourth-order valence-corrected chi connectivity index (χ4v) is 2.78. The van der Waals surface area contributed by atoms with Crippen LogP contribution in [-0.2, 0) is 10.7 Å². The van der Waals surface area contributed by atoms with Crippen LogP contribution in [0.25, 0.3) is 6.08 Å². The van der Waals surface area contributed by atoms with Gasteiger partial charge in [-0.3, -0.25) is 9.59 Å². The van der Waals surface area contributed by atoms with E-state index in [1.54, 1.807) is 37.4 Å². The summed E-state index contributed by atoms with van der Waals surface area (Å²) < 4.78 is 0. The summed E-state index contributed by atoms with van der Waals surface area (Å²) in [5, 5.41) is 5.46. The van der Waals surface area contributed by atoms with Gasteiger partial charge in [0.1, 0.15) is 0 Å². The lowest BCUT2D eigenvalue weighted by molar-refractivity contribution is -0.111. The quantitative estimate of drug-likeness (QED) is 0.627. The number of benzene rings is 2. The molecule has 0 unspecified atom stereocenters. The minimum absolute atomic E-state index is 0.142. The summed E-state index contributed by atoms with van der Waals surface area (Å²) in [6, 6.07) is 11.0. The van der Waals surface area contributed by atoms with E-state index in [1.165, 1.54) is 6.08 Å². The number of halogens is 1. The van der Waals surface area contributed by atoms with Gasteiger partial charge in [-0.1, -0.05) is 29.8 Å². The van der Waals surface area contributed by atoms with Crippen molar-refractivity contribution in [3.05, 3.63) is 70.3 Å². The highest BCUT2D eigenvalue weighted by Crippen LogP contribution is 2.24. The Morgan fingerprint density at radius 3 is 2.40 bits per heavy atom. The number of carbonyl (C=O) groups excluding carboxylic acids is 2. The Morgan fingerprint density at radius 1 is 1.12 bits per heavy atom. The summed E-state index contributed by atoms with van der Waals surface area (Å²) in [7, 11) is 1.59. The van der Waals surface area contributed by atoms with Gasteiger partial charge in [0.15, 0.2) is 0 Å². The summed E-state index contributed by atoms with van der Waals surface area (Å²) in [5.41, 5.74) is 5.15. The minimum Gasteiger partial charge on any atom is -0.355 e. The van der Waals surface area contributed by atoms with Crippen LogP contribution in [-0.4, -0.2) is 18.9 Å². The van der Waals surface area contributed by atoms with Gasteiger partial charge < -0.3 is 10.6 Å². The molecule has 2 amide bonds. The largest absolute Gasteiger partial charge is 0.355 e. The summed E-state index contributed by atoms with van der Waals surface area (Å²) >= 11 is 5.98. The molecule has 25 heavy (non-hydrogen) atoms. The van der Waals surface area contributed by atoms with Crippen LogP contribution in [0, 0.1) is 13.8 Å². The average Bonchev–Trinajstić information content (AvgIpc) is 2.61. The molecule has 0 saturated heterocycles. The maximum absolute atomic E-state index is 12.2. The average molecular weight is 357 g/mol. The number of alkyl halides is 1. The maximum Gasteiger partial charge on any atom is 0.251 e. The first kappa shape index (κ1) is 18.7. The van der Waals surface area contributed by atoms with E-state index in [9.17, 15) is 9.59 Å². The first-order chi connectivity index (χ1) is 11.9. The molecule has 5 heteroatoms. The number of rotatable bonds is 5. The Morgan fingerprint density at radius 2 is 1.80 bits per heavy atom. The van der Waals surface area contributed by atoms with Crippen molar-refractivity contribution >= 4 is 35.2 Å². The highest BCUT2D eigenvalue weighted by Gasteiger charge is 2.08. The lowest BCUT2D eigenvalue weighted by Gasteiger charge is -2.12. The molecule has 0 heterocycles. The van der Waals surface area contributed by atoms with E-state index < -0.39 is 0 Å². The third kappa shape index (κ3) is 4.94. The third-order valence-electron chi connectivity index (χ3n) is 3.78. The van der Waals surface area contributed by atoms with Crippen molar-refractivity contribution in [2.24, 2.45) is 0 Å². The summed E-state index contributed by atoms with van der Waals surface area (Å²) in [4.78, 5) is 23.7. The number of hydrogen-bond donors (Lipinski definition) is 2. The number of carbonyl (C=O) groups is 2. The zero-order chi connectivity index (χ0) is 18.4. The molecule has 2 rings (SSSR count). The van der Waals surface area contributed by atoms with Crippen LogP contribution in [0.2, 0.25) is 0 Å². The second kappa shape index (κ2) is 8.49. The molecule has 130 valence electrons. The first-order valence-electron chi connectivity index (χ1n) is 7.92. The van der Waals surface area contributed by atoms with Crippen LogP contribution in [0.4, 0.5) is 5.69 Å². The van der Waals surface area contributed by atoms with Crippen molar-refractivity contribution in [2.75, 3.05) is 12.4 Å². The molecule has 0 bridgehead atoms. The van der Waals surface area contributed by atoms with Crippen molar-refractivity contribution in [2.45, 2.75) is 19.7 Å². The van der Waals surface area contributed by atoms with Gasteiger partial charge in [-0.25, -0.2) is 0 Å². The predicted molar refractivity (Wildman–Crippen MR) is 103 cm³/mol. The van der Waals surface area contributed by atoms with E-state index >= 15 is 0 Å². The Kier molecular flexibility index (Phi) is 6.37. The topological polar surface area (TPSA) is 58.2 Å². The van der Waals surface area contributed by atoms with Crippen LogP contribution in [0.1, 0.15) is 32.6 Å². The summed E-state index contributed by atoms with van der Waals surface area (Å²) in [5.74, 6) is -0.0339. The molecule has 2 N–H and O–H groups in total. The van der Waals surface area contributed by atoms with Crippen molar-refractivity contribution in [1.82, 2.24) is 5.32 Å². The van der Waals surface area contributed by atoms with Gasteiger partial charge in [-0.2, -0.15) is 0 Å². The fraction of sp³-hybridized carbons (Fsp3) is 0.200. The lowest BCUT2D eigenvalue weighted by atomic mass is 10.0. The van der Waals surface area contributed by atoms with Gasteiger partial charge in [-0.15, -0.1) is 11.6 Å². The highest BCUT2D eigenvalue weighted by atomic mass is 35.5. The molecule has 2 aromatic carbocycles. The molecule has 4 nitrogen and oxygen atoms in total. The standard InChI is InChI=1S/C20H21ClN2O2/c1-13-10-14(2)19(17(11-13)12-21)23-18(24)9-6-15-4-7-16(8-5-15)20(25)22-3/h4-11H,12H2,1-3H3,(H,22,25)(H,23,24)/b9-6+. The van der Waals surface area contributed by atoms with Crippen molar-refractivity contribution in [1.29, 1.82) is 0 Å².